The molecule has 11 heteroatoms. The Morgan fingerprint density at radius 2 is 1.91 bits per heavy atom. The molecule has 1 saturated heterocycles. The van der Waals surface area contributed by atoms with Crippen LogP contribution in [0.5, 0.6) is 0 Å². The van der Waals surface area contributed by atoms with Crippen LogP contribution in [0.15, 0.2) is 36.8 Å². The molecule has 0 bridgehead atoms. The van der Waals surface area contributed by atoms with Crippen molar-refractivity contribution in [2.24, 2.45) is 5.92 Å². The highest BCUT2D eigenvalue weighted by Crippen LogP contribution is 2.39. The van der Waals surface area contributed by atoms with Gasteiger partial charge < -0.3 is 10.2 Å². The molecule has 2 amide bonds. The highest BCUT2D eigenvalue weighted by Gasteiger charge is 2.46. The lowest BCUT2D eigenvalue weighted by atomic mass is 10.2. The van der Waals surface area contributed by atoms with E-state index in [9.17, 15) is 9.59 Å². The number of nitrogens with one attached hydrogen (secondary N) is 1. The third-order valence-corrected chi connectivity index (χ3v) is 6.41. The zero-order valence-corrected chi connectivity index (χ0v) is 19.9. The number of anilines is 2. The van der Waals surface area contributed by atoms with Crippen LogP contribution in [0, 0.1) is 12.8 Å². The Hall–Kier alpha value is -3.53. The predicted molar refractivity (Wildman–Crippen MR) is 127 cm³/mol. The van der Waals surface area contributed by atoms with Gasteiger partial charge in [0.05, 0.1) is 17.8 Å². The number of hydrogen-bond acceptors (Lipinski definition) is 7. The average Bonchev–Trinajstić information content (AvgIpc) is 3.45. The number of halogens is 1. The lowest BCUT2D eigenvalue weighted by molar-refractivity contribution is 0.0959. The maximum Gasteiger partial charge on any atom is 0.327 e. The monoisotopic (exact) mass is 480 g/mol. The summed E-state index contributed by atoms with van der Waals surface area (Å²) in [5, 5.41) is 3.80. The number of benzene rings is 1. The minimum absolute atomic E-state index is 0.0825. The van der Waals surface area contributed by atoms with Crippen LogP contribution in [0.25, 0.3) is 0 Å². The van der Waals surface area contributed by atoms with E-state index in [2.05, 4.69) is 25.3 Å². The van der Waals surface area contributed by atoms with Crippen LogP contribution in [-0.2, 0) is 0 Å². The lowest BCUT2D eigenvalue weighted by Gasteiger charge is -2.22. The molecule has 2 fully saturated rings. The van der Waals surface area contributed by atoms with E-state index in [4.69, 9.17) is 11.6 Å². The van der Waals surface area contributed by atoms with Crippen molar-refractivity contribution in [1.82, 2.24) is 29.4 Å². The van der Waals surface area contributed by atoms with E-state index in [0.717, 1.165) is 12.8 Å². The number of likely N-dealkylation sites (N-methyl/N-ethyl adjacent to an activating group) is 1. The molecule has 34 heavy (non-hydrogen) atoms. The van der Waals surface area contributed by atoms with E-state index in [1.165, 1.54) is 10.9 Å². The first kappa shape index (κ1) is 22.3. The number of aryl methyl sites for hydroxylation is 1. The smallest absolute Gasteiger partial charge is 0.327 e. The van der Waals surface area contributed by atoms with Gasteiger partial charge >= 0.3 is 6.03 Å². The summed E-state index contributed by atoms with van der Waals surface area (Å²) in [5.41, 5.74) is 1.16. The largest absolute Gasteiger partial charge is 0.346 e. The Morgan fingerprint density at radius 1 is 1.18 bits per heavy atom. The molecule has 1 aliphatic heterocycles. The number of hydrogen-bond donors (Lipinski definition) is 1. The number of carbonyl (C=O) groups is 2. The van der Waals surface area contributed by atoms with E-state index in [1.54, 1.807) is 54.2 Å². The van der Waals surface area contributed by atoms with E-state index in [-0.39, 0.29) is 24.0 Å². The summed E-state index contributed by atoms with van der Waals surface area (Å²) in [6.45, 7) is 4.35. The molecule has 176 valence electrons. The molecule has 1 aliphatic carbocycles. The number of aromatic nitrogens is 5. The fraction of sp³-hybridized carbons (Fsp3) is 0.391. The second-order valence-electron chi connectivity index (χ2n) is 8.83. The number of urea groups is 1. The van der Waals surface area contributed by atoms with Gasteiger partial charge in [-0.2, -0.15) is 15.0 Å². The van der Waals surface area contributed by atoms with Crippen LogP contribution in [-0.4, -0.2) is 61.0 Å². The summed E-state index contributed by atoms with van der Waals surface area (Å²) in [5.74, 6) is 1.51. The highest BCUT2D eigenvalue weighted by molar-refractivity contribution is 6.30. The molecular weight excluding hydrogens is 456 g/mol. The molecule has 0 spiro atoms. The van der Waals surface area contributed by atoms with Gasteiger partial charge in [0.15, 0.2) is 0 Å². The van der Waals surface area contributed by atoms with Gasteiger partial charge in [0.25, 0.3) is 5.91 Å². The van der Waals surface area contributed by atoms with Gasteiger partial charge in [-0.05, 0) is 56.9 Å². The summed E-state index contributed by atoms with van der Waals surface area (Å²) < 4.78 is 1.43. The van der Waals surface area contributed by atoms with Gasteiger partial charge in [-0.3, -0.25) is 14.3 Å². The molecule has 10 nitrogen and oxygen atoms in total. The minimum atomic E-state index is -0.287. The molecule has 3 heterocycles. The molecule has 2 atom stereocenters. The second-order valence-corrected chi connectivity index (χ2v) is 9.26. The first-order chi connectivity index (χ1) is 16.3. The molecule has 0 unspecified atom stereocenters. The van der Waals surface area contributed by atoms with Crippen molar-refractivity contribution in [3.05, 3.63) is 58.9 Å². The number of rotatable bonds is 6. The summed E-state index contributed by atoms with van der Waals surface area (Å²) in [4.78, 5) is 46.7. The Kier molecular flexibility index (Phi) is 5.68. The summed E-state index contributed by atoms with van der Waals surface area (Å²) in [7, 11) is 1.80. The minimum Gasteiger partial charge on any atom is -0.346 e. The van der Waals surface area contributed by atoms with Crippen molar-refractivity contribution >= 4 is 35.4 Å². The van der Waals surface area contributed by atoms with E-state index in [1.807, 2.05) is 6.92 Å². The van der Waals surface area contributed by atoms with Gasteiger partial charge in [-0.25, -0.2) is 9.78 Å². The van der Waals surface area contributed by atoms with Crippen molar-refractivity contribution in [3.63, 3.8) is 0 Å². The molecule has 1 N–H and O–H groups in total. The fourth-order valence-corrected chi connectivity index (χ4v) is 4.29. The summed E-state index contributed by atoms with van der Waals surface area (Å²) in [6, 6.07) is 6.40. The Balaban J connectivity index is 1.34. The molecule has 5 rings (SSSR count). The Bertz CT molecular complexity index is 1240. The number of imidazole rings is 1. The second kappa shape index (κ2) is 8.68. The molecule has 1 aromatic carbocycles. The summed E-state index contributed by atoms with van der Waals surface area (Å²) >= 11 is 5.91. The predicted octanol–water partition coefficient (Wildman–Crippen LogP) is 3.54. The number of nitrogens with zero attached hydrogens (tertiary/aromatic N) is 7. The van der Waals surface area contributed by atoms with Crippen molar-refractivity contribution < 1.29 is 9.59 Å². The Labute approximate surface area is 202 Å². The van der Waals surface area contributed by atoms with Gasteiger partial charge in [-0.1, -0.05) is 11.6 Å². The lowest BCUT2D eigenvalue weighted by Crippen LogP contribution is -2.37. The van der Waals surface area contributed by atoms with Crippen LogP contribution in [0.2, 0.25) is 5.02 Å². The first-order valence-corrected chi connectivity index (χ1v) is 11.6. The highest BCUT2D eigenvalue weighted by atomic mass is 35.5. The SMILES string of the molecule is Cc1nc(N[C@@H](C)c2cn(C(=O)c3ccc(Cl)cc3)cn2)nc(N2C(=O)N(C)C[C@@H]2C2CC2)n1. The van der Waals surface area contributed by atoms with Gasteiger partial charge in [0, 0.05) is 30.4 Å². The average molecular weight is 481 g/mol. The van der Waals surface area contributed by atoms with Crippen LogP contribution in [0.3, 0.4) is 0 Å². The number of carbonyl (C=O) groups excluding carboxylic acids is 2. The van der Waals surface area contributed by atoms with Crippen LogP contribution in [0.1, 0.15) is 47.7 Å². The standard InChI is InChI=1S/C23H25ClN8O2/c1-13(18-10-31(12-25-18)20(33)16-6-8-17(24)9-7-16)26-21-27-14(2)28-22(29-21)32-19(15-4-5-15)11-30(3)23(32)34/h6-10,12-13,15,19H,4-5,11H2,1-3H3,(H,26,27,28,29)/t13-,19+/m0/s1. The normalized spacial score (nSPS) is 18.9. The van der Waals surface area contributed by atoms with Crippen molar-refractivity contribution in [1.29, 1.82) is 0 Å². The van der Waals surface area contributed by atoms with Crippen LogP contribution >= 0.6 is 11.6 Å². The van der Waals surface area contributed by atoms with E-state index in [0.29, 0.717) is 46.5 Å². The van der Waals surface area contributed by atoms with Crippen molar-refractivity contribution in [2.75, 3.05) is 23.8 Å². The van der Waals surface area contributed by atoms with E-state index >= 15 is 0 Å². The zero-order valence-electron chi connectivity index (χ0n) is 19.1. The zero-order chi connectivity index (χ0) is 24.0. The molecule has 2 aliphatic rings. The number of amides is 2. The quantitative estimate of drug-likeness (QED) is 0.574. The van der Waals surface area contributed by atoms with Crippen LogP contribution < -0.4 is 10.2 Å². The summed E-state index contributed by atoms with van der Waals surface area (Å²) in [6.07, 6.45) is 5.39. The molecular formula is C23H25ClN8O2. The van der Waals surface area contributed by atoms with Gasteiger partial charge in [0.2, 0.25) is 11.9 Å². The molecule has 0 radical (unpaired) electrons. The van der Waals surface area contributed by atoms with Crippen molar-refractivity contribution in [3.8, 4) is 0 Å². The maximum atomic E-state index is 12.8. The van der Waals surface area contributed by atoms with Gasteiger partial charge in [0.1, 0.15) is 12.2 Å². The molecule has 1 saturated carbocycles. The fourth-order valence-electron chi connectivity index (χ4n) is 4.16. The first-order valence-electron chi connectivity index (χ1n) is 11.2. The topological polar surface area (TPSA) is 109 Å². The van der Waals surface area contributed by atoms with E-state index < -0.39 is 0 Å². The Morgan fingerprint density at radius 3 is 2.62 bits per heavy atom. The maximum absolute atomic E-state index is 12.8. The van der Waals surface area contributed by atoms with Crippen molar-refractivity contribution in [2.45, 2.75) is 38.8 Å². The third kappa shape index (κ3) is 4.33. The van der Waals surface area contributed by atoms with Gasteiger partial charge in [-0.15, -0.1) is 0 Å². The van der Waals surface area contributed by atoms with Crippen LogP contribution in [0.4, 0.5) is 16.7 Å². The molecule has 2 aromatic heterocycles. The molecule has 3 aromatic rings. The third-order valence-electron chi connectivity index (χ3n) is 6.16.